The van der Waals surface area contributed by atoms with Gasteiger partial charge in [0.1, 0.15) is 6.04 Å². The highest BCUT2D eigenvalue weighted by Gasteiger charge is 2.22. The molecule has 0 rings (SSSR count). The van der Waals surface area contributed by atoms with Crippen molar-refractivity contribution in [1.82, 2.24) is 5.32 Å². The number of hydrogen-bond donors (Lipinski definition) is 4. The van der Waals surface area contributed by atoms with E-state index in [1.54, 1.807) is 0 Å². The molecule has 0 heterocycles. The van der Waals surface area contributed by atoms with Gasteiger partial charge in [-0.1, -0.05) is 25.0 Å². The number of aliphatic hydroxyl groups excluding tert-OH is 1. The molecule has 0 aliphatic carbocycles. The van der Waals surface area contributed by atoms with E-state index in [0.29, 0.717) is 12.8 Å². The Morgan fingerprint density at radius 3 is 2.18 bits per heavy atom. The number of amides is 1. The molecule has 7 heteroatoms. The average molecular weight is 315 g/mol. The highest BCUT2D eigenvalue weighted by Crippen LogP contribution is 2.06. The molecule has 1 atom stereocenters. The van der Waals surface area contributed by atoms with Crippen LogP contribution in [0, 0.1) is 0 Å². The van der Waals surface area contributed by atoms with Gasteiger partial charge in [0.15, 0.2) is 0 Å². The second-order valence-electron chi connectivity index (χ2n) is 4.99. The van der Waals surface area contributed by atoms with E-state index >= 15 is 0 Å². The van der Waals surface area contributed by atoms with Crippen LogP contribution in [0.5, 0.6) is 0 Å². The molecular weight excluding hydrogens is 290 g/mol. The van der Waals surface area contributed by atoms with E-state index in [4.69, 9.17) is 15.3 Å². The first-order chi connectivity index (χ1) is 10.5. The molecular formula is C15H25NO6. The zero-order valence-corrected chi connectivity index (χ0v) is 12.7. The lowest BCUT2D eigenvalue weighted by molar-refractivity contribution is -0.147. The zero-order valence-electron chi connectivity index (χ0n) is 12.7. The summed E-state index contributed by atoms with van der Waals surface area (Å²) in [7, 11) is 0. The molecule has 7 nitrogen and oxygen atoms in total. The number of hydrogen-bond acceptors (Lipinski definition) is 4. The topological polar surface area (TPSA) is 124 Å². The van der Waals surface area contributed by atoms with E-state index < -0.39 is 30.3 Å². The van der Waals surface area contributed by atoms with Crippen molar-refractivity contribution >= 4 is 17.8 Å². The summed E-state index contributed by atoms with van der Waals surface area (Å²) in [6.07, 6.45) is 8.60. The fourth-order valence-electron chi connectivity index (χ4n) is 1.85. The molecule has 0 bridgehead atoms. The molecule has 0 aromatic carbocycles. The lowest BCUT2D eigenvalue weighted by Gasteiger charge is -2.12. The van der Waals surface area contributed by atoms with Gasteiger partial charge in [-0.3, -0.25) is 9.59 Å². The Hall–Kier alpha value is -1.89. The largest absolute Gasteiger partial charge is 0.481 e. The van der Waals surface area contributed by atoms with Crippen LogP contribution in [0.1, 0.15) is 51.4 Å². The Labute approximate surface area is 130 Å². The van der Waals surface area contributed by atoms with Crippen molar-refractivity contribution in [3.8, 4) is 0 Å². The number of unbranched alkanes of at least 4 members (excludes halogenated alkanes) is 4. The third kappa shape index (κ3) is 11.9. The number of aliphatic hydroxyl groups is 1. The number of carboxylic acid groups (broad SMARTS) is 2. The minimum Gasteiger partial charge on any atom is -0.481 e. The van der Waals surface area contributed by atoms with E-state index in [9.17, 15) is 14.4 Å². The number of carboxylic acids is 2. The maximum absolute atomic E-state index is 11.5. The molecule has 1 unspecified atom stereocenters. The van der Waals surface area contributed by atoms with E-state index in [1.165, 1.54) is 0 Å². The summed E-state index contributed by atoms with van der Waals surface area (Å²) in [6.45, 7) is 0.158. The standard InChI is InChI=1S/C15H25NO6/c17-10-8-6-4-2-1-3-5-7-9-13(18)16-12(15(21)22)11-14(19)20/h4,6,12,17H,1-3,5,7-11H2,(H,16,18)(H,19,20)(H,21,22)/b6-4-. The Balaban J connectivity index is 3.71. The SMILES string of the molecule is O=C(O)CC(NC(=O)CCCCCC/C=C\CCO)C(=O)O. The van der Waals surface area contributed by atoms with E-state index in [0.717, 1.165) is 25.7 Å². The van der Waals surface area contributed by atoms with Gasteiger partial charge in [0.2, 0.25) is 5.91 Å². The van der Waals surface area contributed by atoms with Crippen LogP contribution in [-0.2, 0) is 14.4 Å². The highest BCUT2D eigenvalue weighted by molar-refractivity contribution is 5.86. The number of allylic oxidation sites excluding steroid dienone is 1. The van der Waals surface area contributed by atoms with Gasteiger partial charge in [0, 0.05) is 13.0 Å². The van der Waals surface area contributed by atoms with Crippen LogP contribution in [0.4, 0.5) is 0 Å². The first kappa shape index (κ1) is 20.1. The summed E-state index contributed by atoms with van der Waals surface area (Å²) < 4.78 is 0. The van der Waals surface area contributed by atoms with Crippen LogP contribution < -0.4 is 5.32 Å². The van der Waals surface area contributed by atoms with Gasteiger partial charge in [0.25, 0.3) is 0 Å². The van der Waals surface area contributed by atoms with Crippen molar-refractivity contribution < 1.29 is 29.7 Å². The molecule has 4 N–H and O–H groups in total. The summed E-state index contributed by atoms with van der Waals surface area (Å²) >= 11 is 0. The molecule has 0 saturated heterocycles. The molecule has 0 spiro atoms. The maximum atomic E-state index is 11.5. The Bertz CT molecular complexity index is 380. The summed E-state index contributed by atoms with van der Waals surface area (Å²) in [6, 6.07) is -1.37. The quantitative estimate of drug-likeness (QED) is 0.300. The van der Waals surface area contributed by atoms with Crippen LogP contribution in [0.2, 0.25) is 0 Å². The van der Waals surface area contributed by atoms with Gasteiger partial charge in [-0.15, -0.1) is 0 Å². The summed E-state index contributed by atoms with van der Waals surface area (Å²) in [5, 5.41) is 28.2. The summed E-state index contributed by atoms with van der Waals surface area (Å²) in [5.41, 5.74) is 0. The monoisotopic (exact) mass is 315 g/mol. The predicted molar refractivity (Wildman–Crippen MR) is 80.4 cm³/mol. The number of carbonyl (C=O) groups excluding carboxylic acids is 1. The molecule has 0 radical (unpaired) electrons. The normalized spacial score (nSPS) is 12.2. The second kappa shape index (κ2) is 12.8. The number of rotatable bonds is 13. The van der Waals surface area contributed by atoms with Gasteiger partial charge in [-0.05, 0) is 25.7 Å². The van der Waals surface area contributed by atoms with Gasteiger partial charge >= 0.3 is 11.9 Å². The molecule has 0 aromatic rings. The third-order valence-electron chi connectivity index (χ3n) is 3.00. The molecule has 0 saturated carbocycles. The fourth-order valence-corrected chi connectivity index (χ4v) is 1.85. The lowest BCUT2D eigenvalue weighted by atomic mass is 10.1. The summed E-state index contributed by atoms with van der Waals surface area (Å²) in [4.78, 5) is 32.8. The van der Waals surface area contributed by atoms with E-state index in [2.05, 4.69) is 5.32 Å². The predicted octanol–water partition coefficient (Wildman–Crippen LogP) is 1.31. The van der Waals surface area contributed by atoms with Crippen LogP contribution >= 0.6 is 0 Å². The van der Waals surface area contributed by atoms with Crippen molar-refractivity contribution in [3.63, 3.8) is 0 Å². The molecule has 0 aliphatic heterocycles. The molecule has 1 amide bonds. The second-order valence-corrected chi connectivity index (χ2v) is 4.99. The highest BCUT2D eigenvalue weighted by atomic mass is 16.4. The van der Waals surface area contributed by atoms with Gasteiger partial charge in [-0.2, -0.15) is 0 Å². The van der Waals surface area contributed by atoms with Crippen molar-refractivity contribution in [2.24, 2.45) is 0 Å². The van der Waals surface area contributed by atoms with E-state index in [1.807, 2.05) is 12.2 Å². The smallest absolute Gasteiger partial charge is 0.326 e. The zero-order chi connectivity index (χ0) is 16.8. The van der Waals surface area contributed by atoms with Crippen molar-refractivity contribution in [1.29, 1.82) is 0 Å². The van der Waals surface area contributed by atoms with Crippen LogP contribution in [0.25, 0.3) is 0 Å². The van der Waals surface area contributed by atoms with E-state index in [-0.39, 0.29) is 13.0 Å². The molecule has 0 aliphatic rings. The third-order valence-corrected chi connectivity index (χ3v) is 3.00. The average Bonchev–Trinajstić information content (AvgIpc) is 2.44. The first-order valence-electron chi connectivity index (χ1n) is 7.47. The molecule has 0 aromatic heterocycles. The van der Waals surface area contributed by atoms with Crippen LogP contribution in [0.15, 0.2) is 12.2 Å². The van der Waals surface area contributed by atoms with Gasteiger partial charge in [0.05, 0.1) is 6.42 Å². The van der Waals surface area contributed by atoms with Crippen molar-refractivity contribution in [2.75, 3.05) is 6.61 Å². The van der Waals surface area contributed by atoms with Crippen LogP contribution in [0.3, 0.4) is 0 Å². The van der Waals surface area contributed by atoms with Gasteiger partial charge < -0.3 is 20.6 Å². The molecule has 22 heavy (non-hydrogen) atoms. The van der Waals surface area contributed by atoms with Crippen molar-refractivity contribution in [2.45, 2.75) is 57.4 Å². The Kier molecular flexibility index (Phi) is 11.7. The fraction of sp³-hybridized carbons (Fsp3) is 0.667. The summed E-state index contributed by atoms with van der Waals surface area (Å²) in [5.74, 6) is -3.04. The number of carbonyl (C=O) groups is 3. The van der Waals surface area contributed by atoms with Gasteiger partial charge in [-0.25, -0.2) is 4.79 Å². The maximum Gasteiger partial charge on any atom is 0.326 e. The molecule has 126 valence electrons. The Morgan fingerprint density at radius 1 is 0.955 bits per heavy atom. The minimum atomic E-state index is -1.37. The number of aliphatic carboxylic acids is 2. The lowest BCUT2D eigenvalue weighted by Crippen LogP contribution is -2.42. The van der Waals surface area contributed by atoms with Crippen LogP contribution in [-0.4, -0.2) is 45.8 Å². The Morgan fingerprint density at radius 2 is 1.59 bits per heavy atom. The number of nitrogens with one attached hydrogen (secondary N) is 1. The molecule has 0 fully saturated rings. The minimum absolute atomic E-state index is 0.158. The van der Waals surface area contributed by atoms with Crippen molar-refractivity contribution in [3.05, 3.63) is 12.2 Å². The first-order valence-corrected chi connectivity index (χ1v) is 7.47.